The van der Waals surface area contributed by atoms with Crippen molar-refractivity contribution in [1.82, 2.24) is 4.98 Å². The van der Waals surface area contributed by atoms with E-state index in [2.05, 4.69) is 50.8 Å². The molecule has 0 aliphatic carbocycles. The zero-order valence-corrected chi connectivity index (χ0v) is 12.9. The van der Waals surface area contributed by atoms with E-state index in [0.29, 0.717) is 0 Å². The van der Waals surface area contributed by atoms with E-state index in [-0.39, 0.29) is 0 Å². The fraction of sp³-hybridized carbons (Fsp3) is 0.438. The standard InChI is InChI=1S/C16H21ClN2/c1-5-14-11(4)16(17)13-10-12(19(6-2)7-3)8-9-15(13)18-14/h8-10H,5-7H2,1-4H3. The van der Waals surface area contributed by atoms with Gasteiger partial charge in [-0.15, -0.1) is 0 Å². The van der Waals surface area contributed by atoms with Gasteiger partial charge in [0.15, 0.2) is 0 Å². The Labute approximate surface area is 120 Å². The Morgan fingerprint density at radius 1 is 1.16 bits per heavy atom. The van der Waals surface area contributed by atoms with Crippen molar-refractivity contribution in [3.8, 4) is 0 Å². The minimum Gasteiger partial charge on any atom is -0.372 e. The van der Waals surface area contributed by atoms with E-state index < -0.39 is 0 Å². The van der Waals surface area contributed by atoms with Gasteiger partial charge in [-0.1, -0.05) is 18.5 Å². The summed E-state index contributed by atoms with van der Waals surface area (Å²) >= 11 is 6.51. The number of hydrogen-bond donors (Lipinski definition) is 0. The Morgan fingerprint density at radius 2 is 1.84 bits per heavy atom. The number of aromatic nitrogens is 1. The Bertz CT molecular complexity index is 589. The first-order chi connectivity index (χ1) is 9.12. The van der Waals surface area contributed by atoms with E-state index in [1.807, 2.05) is 0 Å². The second-order valence-corrected chi connectivity index (χ2v) is 5.10. The van der Waals surface area contributed by atoms with Gasteiger partial charge in [0.2, 0.25) is 0 Å². The average Bonchev–Trinajstić information content (AvgIpc) is 2.44. The van der Waals surface area contributed by atoms with E-state index in [1.54, 1.807) is 0 Å². The molecule has 0 bridgehead atoms. The lowest BCUT2D eigenvalue weighted by molar-refractivity contribution is 0.867. The van der Waals surface area contributed by atoms with Crippen LogP contribution in [0.25, 0.3) is 10.9 Å². The zero-order valence-electron chi connectivity index (χ0n) is 12.1. The molecule has 1 aromatic heterocycles. The largest absolute Gasteiger partial charge is 0.372 e. The summed E-state index contributed by atoms with van der Waals surface area (Å²) in [6.07, 6.45) is 0.916. The van der Waals surface area contributed by atoms with Crippen LogP contribution >= 0.6 is 11.6 Å². The summed E-state index contributed by atoms with van der Waals surface area (Å²) in [6.45, 7) is 10.5. The summed E-state index contributed by atoms with van der Waals surface area (Å²) in [6, 6.07) is 6.37. The van der Waals surface area contributed by atoms with E-state index in [9.17, 15) is 0 Å². The molecule has 102 valence electrons. The third-order valence-corrected chi connectivity index (χ3v) is 4.18. The Kier molecular flexibility index (Phi) is 4.31. The molecule has 0 unspecified atom stereocenters. The predicted octanol–water partition coefficient (Wildman–Crippen LogP) is 4.61. The van der Waals surface area contributed by atoms with Crippen LogP contribution in [0, 0.1) is 6.92 Å². The molecule has 1 aromatic carbocycles. The fourth-order valence-electron chi connectivity index (χ4n) is 2.48. The molecule has 1 heterocycles. The van der Waals surface area contributed by atoms with E-state index in [4.69, 9.17) is 16.6 Å². The molecule has 2 nitrogen and oxygen atoms in total. The van der Waals surface area contributed by atoms with Gasteiger partial charge in [-0.2, -0.15) is 0 Å². The number of nitrogens with zero attached hydrogens (tertiary/aromatic N) is 2. The van der Waals surface area contributed by atoms with E-state index in [1.165, 1.54) is 5.69 Å². The number of hydrogen-bond acceptors (Lipinski definition) is 2. The van der Waals surface area contributed by atoms with Gasteiger partial charge in [0.1, 0.15) is 0 Å². The molecule has 0 amide bonds. The maximum atomic E-state index is 6.51. The molecule has 0 aliphatic heterocycles. The van der Waals surface area contributed by atoms with Crippen LogP contribution in [0.4, 0.5) is 5.69 Å². The number of anilines is 1. The van der Waals surface area contributed by atoms with Crippen molar-refractivity contribution in [2.45, 2.75) is 34.1 Å². The van der Waals surface area contributed by atoms with Crippen molar-refractivity contribution < 1.29 is 0 Å². The van der Waals surface area contributed by atoms with Gasteiger partial charge in [-0.25, -0.2) is 0 Å². The first kappa shape index (κ1) is 14.1. The summed E-state index contributed by atoms with van der Waals surface area (Å²) in [5, 5.41) is 1.90. The van der Waals surface area contributed by atoms with E-state index >= 15 is 0 Å². The summed E-state index contributed by atoms with van der Waals surface area (Å²) in [5.41, 5.74) is 4.40. The molecule has 2 rings (SSSR count). The SMILES string of the molecule is CCc1nc2ccc(N(CC)CC)cc2c(Cl)c1C. The molecule has 0 aliphatic rings. The van der Waals surface area contributed by atoms with Crippen molar-refractivity contribution in [3.63, 3.8) is 0 Å². The Morgan fingerprint density at radius 3 is 2.42 bits per heavy atom. The van der Waals surface area contributed by atoms with Gasteiger partial charge >= 0.3 is 0 Å². The number of benzene rings is 1. The number of fused-ring (bicyclic) bond motifs is 1. The fourth-order valence-corrected chi connectivity index (χ4v) is 2.75. The van der Waals surface area contributed by atoms with Crippen molar-refractivity contribution in [3.05, 3.63) is 34.5 Å². The second kappa shape index (κ2) is 5.79. The summed E-state index contributed by atoms with van der Waals surface area (Å²) in [7, 11) is 0. The highest BCUT2D eigenvalue weighted by molar-refractivity contribution is 6.36. The second-order valence-electron chi connectivity index (χ2n) is 4.72. The first-order valence-electron chi connectivity index (χ1n) is 6.96. The van der Waals surface area contributed by atoms with Crippen LogP contribution < -0.4 is 4.90 Å². The number of aryl methyl sites for hydroxylation is 1. The van der Waals surface area contributed by atoms with Crippen LogP contribution in [-0.4, -0.2) is 18.1 Å². The smallest absolute Gasteiger partial charge is 0.0722 e. The van der Waals surface area contributed by atoms with Crippen LogP contribution in [0.2, 0.25) is 5.02 Å². The number of pyridine rings is 1. The predicted molar refractivity (Wildman–Crippen MR) is 84.4 cm³/mol. The van der Waals surface area contributed by atoms with Crippen molar-refractivity contribution in [1.29, 1.82) is 0 Å². The van der Waals surface area contributed by atoms with Crippen LogP contribution in [0.3, 0.4) is 0 Å². The van der Waals surface area contributed by atoms with Crippen LogP contribution in [0.1, 0.15) is 32.0 Å². The van der Waals surface area contributed by atoms with Crippen molar-refractivity contribution in [2.75, 3.05) is 18.0 Å². The summed E-state index contributed by atoms with van der Waals surface area (Å²) < 4.78 is 0. The third-order valence-electron chi connectivity index (χ3n) is 3.70. The third kappa shape index (κ3) is 2.55. The zero-order chi connectivity index (χ0) is 14.0. The van der Waals surface area contributed by atoms with E-state index in [0.717, 1.165) is 46.7 Å². The lowest BCUT2D eigenvalue weighted by atomic mass is 10.1. The molecule has 0 saturated heterocycles. The molecule has 0 radical (unpaired) electrons. The van der Waals surface area contributed by atoms with Crippen LogP contribution in [0.15, 0.2) is 18.2 Å². The van der Waals surface area contributed by atoms with Gasteiger partial charge in [0.05, 0.1) is 10.5 Å². The topological polar surface area (TPSA) is 16.1 Å². The lowest BCUT2D eigenvalue weighted by Gasteiger charge is -2.21. The quantitative estimate of drug-likeness (QED) is 0.811. The molecular weight excluding hydrogens is 256 g/mol. The van der Waals surface area contributed by atoms with Gasteiger partial charge in [-0.05, 0) is 51.0 Å². The maximum absolute atomic E-state index is 6.51. The normalized spacial score (nSPS) is 11.0. The summed E-state index contributed by atoms with van der Waals surface area (Å²) in [5.74, 6) is 0. The molecular formula is C16H21ClN2. The molecule has 3 heteroatoms. The van der Waals surface area contributed by atoms with Crippen molar-refractivity contribution in [2.24, 2.45) is 0 Å². The molecule has 0 spiro atoms. The lowest BCUT2D eigenvalue weighted by Crippen LogP contribution is -2.21. The van der Waals surface area contributed by atoms with Gasteiger partial charge < -0.3 is 4.90 Å². The molecule has 19 heavy (non-hydrogen) atoms. The van der Waals surface area contributed by atoms with Crippen molar-refractivity contribution >= 4 is 28.2 Å². The Hall–Kier alpha value is -1.28. The maximum Gasteiger partial charge on any atom is 0.0722 e. The van der Waals surface area contributed by atoms with Gasteiger partial charge in [0, 0.05) is 29.9 Å². The monoisotopic (exact) mass is 276 g/mol. The number of rotatable bonds is 4. The molecule has 0 saturated carbocycles. The molecule has 2 aromatic rings. The molecule has 0 atom stereocenters. The summed E-state index contributed by atoms with van der Waals surface area (Å²) in [4.78, 5) is 7.02. The molecule has 0 N–H and O–H groups in total. The minimum atomic E-state index is 0.843. The Balaban J connectivity index is 2.63. The average molecular weight is 277 g/mol. The highest BCUT2D eigenvalue weighted by Crippen LogP contribution is 2.31. The number of halogens is 1. The van der Waals surface area contributed by atoms with Gasteiger partial charge in [-0.3, -0.25) is 4.98 Å². The van der Waals surface area contributed by atoms with Gasteiger partial charge in [0.25, 0.3) is 0 Å². The highest BCUT2D eigenvalue weighted by Gasteiger charge is 2.11. The minimum absolute atomic E-state index is 0.843. The van der Waals surface area contributed by atoms with Crippen LogP contribution in [0.5, 0.6) is 0 Å². The highest BCUT2D eigenvalue weighted by atomic mass is 35.5. The molecule has 0 fully saturated rings. The first-order valence-corrected chi connectivity index (χ1v) is 7.33. The van der Waals surface area contributed by atoms with Crippen LogP contribution in [-0.2, 0) is 6.42 Å².